The lowest BCUT2D eigenvalue weighted by atomic mass is 10.2. The third-order valence-corrected chi connectivity index (χ3v) is 5.26. The molecule has 0 atom stereocenters. The van der Waals surface area contributed by atoms with Crippen LogP contribution in [0, 0.1) is 6.92 Å². The smallest absolute Gasteiger partial charge is 0.330 e. The van der Waals surface area contributed by atoms with E-state index in [0.717, 1.165) is 31.2 Å². The molecule has 2 aromatic rings. The summed E-state index contributed by atoms with van der Waals surface area (Å²) in [5.74, 6) is -0.213. The second-order valence-electron chi connectivity index (χ2n) is 6.24. The number of nitrogen functional groups attached to an aromatic ring is 1. The van der Waals surface area contributed by atoms with E-state index in [1.54, 1.807) is 0 Å². The van der Waals surface area contributed by atoms with Gasteiger partial charge in [0.15, 0.2) is 5.69 Å². The molecule has 142 valence electrons. The van der Waals surface area contributed by atoms with Gasteiger partial charge in [-0.1, -0.05) is 26.7 Å². The van der Waals surface area contributed by atoms with Crippen molar-refractivity contribution < 1.29 is 4.79 Å². The van der Waals surface area contributed by atoms with Crippen LogP contribution in [0.25, 0.3) is 0 Å². The maximum Gasteiger partial charge on any atom is 0.330 e. The van der Waals surface area contributed by atoms with E-state index in [1.165, 1.54) is 20.8 Å². The summed E-state index contributed by atoms with van der Waals surface area (Å²) in [5.41, 5.74) is 5.93. The number of thiophene rings is 1. The number of nitrogens with one attached hydrogen (secondary N) is 1. The summed E-state index contributed by atoms with van der Waals surface area (Å²) in [6.45, 7) is 6.64. The van der Waals surface area contributed by atoms with Gasteiger partial charge in [0.05, 0.1) is 4.88 Å². The van der Waals surface area contributed by atoms with Gasteiger partial charge in [0, 0.05) is 13.1 Å². The van der Waals surface area contributed by atoms with Crippen molar-refractivity contribution in [3.8, 4) is 0 Å². The van der Waals surface area contributed by atoms with Crippen LogP contribution >= 0.6 is 11.3 Å². The van der Waals surface area contributed by atoms with E-state index in [0.29, 0.717) is 18.0 Å². The van der Waals surface area contributed by atoms with E-state index in [1.807, 2.05) is 32.2 Å². The Morgan fingerprint density at radius 1 is 1.27 bits per heavy atom. The molecule has 0 aliphatic rings. The lowest BCUT2D eigenvalue weighted by Crippen LogP contribution is -2.41. The molecular weight excluding hydrogens is 352 g/mol. The molecule has 1 amide bonds. The molecule has 2 rings (SSSR count). The molecule has 0 aromatic carbocycles. The number of rotatable bonds is 8. The number of aryl methyl sites for hydroxylation is 1. The van der Waals surface area contributed by atoms with Crippen molar-refractivity contribution in [2.24, 2.45) is 0 Å². The van der Waals surface area contributed by atoms with Gasteiger partial charge in [-0.2, -0.15) is 0 Å². The van der Waals surface area contributed by atoms with Crippen LogP contribution < -0.4 is 21.9 Å². The SMILES string of the molecule is CCCCN(C(=O)c1sccc1C)c1c(N)n(CCCC)c(=O)[nH]c1=O. The number of carbonyl (C=O) groups excluding carboxylic acids is 1. The molecule has 0 radical (unpaired) electrons. The summed E-state index contributed by atoms with van der Waals surface area (Å²) >= 11 is 1.33. The highest BCUT2D eigenvalue weighted by Gasteiger charge is 2.26. The summed E-state index contributed by atoms with van der Waals surface area (Å²) < 4.78 is 1.34. The highest BCUT2D eigenvalue weighted by atomic mass is 32.1. The van der Waals surface area contributed by atoms with Crippen LogP contribution in [0.2, 0.25) is 0 Å². The van der Waals surface area contributed by atoms with E-state index in [4.69, 9.17) is 5.73 Å². The first kappa shape index (κ1) is 20.0. The summed E-state index contributed by atoms with van der Waals surface area (Å²) in [5, 5.41) is 1.84. The summed E-state index contributed by atoms with van der Waals surface area (Å²) in [7, 11) is 0. The van der Waals surface area contributed by atoms with Crippen LogP contribution in [0.3, 0.4) is 0 Å². The van der Waals surface area contributed by atoms with Crippen LogP contribution in [0.5, 0.6) is 0 Å². The number of nitrogens with zero attached hydrogens (tertiary/aromatic N) is 2. The Morgan fingerprint density at radius 3 is 2.54 bits per heavy atom. The molecule has 3 N–H and O–H groups in total. The fourth-order valence-corrected chi connectivity index (χ4v) is 3.60. The maximum absolute atomic E-state index is 13.1. The molecule has 0 fully saturated rings. The summed E-state index contributed by atoms with van der Waals surface area (Å²) in [6, 6.07) is 1.87. The molecule has 0 aliphatic heterocycles. The van der Waals surface area contributed by atoms with Crippen molar-refractivity contribution >= 4 is 28.7 Å². The summed E-state index contributed by atoms with van der Waals surface area (Å²) in [4.78, 5) is 42.0. The number of carbonyl (C=O) groups is 1. The first-order valence-corrected chi connectivity index (χ1v) is 9.78. The van der Waals surface area contributed by atoms with Crippen molar-refractivity contribution in [3.05, 3.63) is 42.7 Å². The number of hydrogen-bond donors (Lipinski definition) is 2. The number of unbranched alkanes of at least 4 members (excludes halogenated alkanes) is 2. The Labute approximate surface area is 156 Å². The third-order valence-electron chi connectivity index (χ3n) is 4.26. The molecule has 0 bridgehead atoms. The number of hydrogen-bond acceptors (Lipinski definition) is 5. The van der Waals surface area contributed by atoms with Gasteiger partial charge in [0.1, 0.15) is 5.82 Å². The highest BCUT2D eigenvalue weighted by molar-refractivity contribution is 7.12. The highest BCUT2D eigenvalue weighted by Crippen LogP contribution is 2.24. The van der Waals surface area contributed by atoms with Gasteiger partial charge < -0.3 is 5.73 Å². The molecule has 7 nitrogen and oxygen atoms in total. The predicted molar refractivity (Wildman–Crippen MR) is 106 cm³/mol. The number of H-pyrrole nitrogens is 1. The van der Waals surface area contributed by atoms with E-state index in [9.17, 15) is 14.4 Å². The monoisotopic (exact) mass is 378 g/mol. The van der Waals surface area contributed by atoms with Crippen molar-refractivity contribution in [3.63, 3.8) is 0 Å². The minimum absolute atomic E-state index is 0.0471. The number of nitrogens with two attached hydrogens (primary N) is 1. The molecule has 0 spiro atoms. The van der Waals surface area contributed by atoms with E-state index >= 15 is 0 Å². The average Bonchev–Trinajstić information content (AvgIpc) is 3.02. The molecule has 8 heteroatoms. The second kappa shape index (κ2) is 8.84. The van der Waals surface area contributed by atoms with Gasteiger partial charge in [-0.15, -0.1) is 11.3 Å². The van der Waals surface area contributed by atoms with Gasteiger partial charge in [-0.05, 0) is 36.8 Å². The Morgan fingerprint density at radius 2 is 1.96 bits per heavy atom. The van der Waals surface area contributed by atoms with Crippen LogP contribution in [-0.2, 0) is 6.54 Å². The molecule has 2 heterocycles. The topological polar surface area (TPSA) is 101 Å². The normalized spacial score (nSPS) is 10.9. The standard InChI is InChI=1S/C18H26N4O3S/c1-4-6-9-21(17(24)14-12(3)8-11-26-14)13-15(19)22(10-7-5-2)18(25)20-16(13)23/h8,11H,4-7,9-10,19H2,1-3H3,(H,20,23,25). The van der Waals surface area contributed by atoms with Gasteiger partial charge in [0.2, 0.25) is 0 Å². The molecule has 2 aromatic heterocycles. The number of aromatic amines is 1. The zero-order valence-corrected chi connectivity index (χ0v) is 16.3. The van der Waals surface area contributed by atoms with Gasteiger partial charge in [-0.3, -0.25) is 24.0 Å². The Kier molecular flexibility index (Phi) is 6.79. The molecule has 0 saturated heterocycles. The Hall–Kier alpha value is -2.35. The number of aromatic nitrogens is 2. The lowest BCUT2D eigenvalue weighted by Gasteiger charge is -2.24. The Balaban J connectivity index is 2.57. The fourth-order valence-electron chi connectivity index (χ4n) is 2.72. The molecule has 0 aliphatic carbocycles. The third kappa shape index (κ3) is 4.07. The number of amides is 1. The Bertz CT molecular complexity index is 881. The predicted octanol–water partition coefficient (Wildman–Crippen LogP) is 2.74. The van der Waals surface area contributed by atoms with Crippen molar-refractivity contribution in [1.82, 2.24) is 9.55 Å². The second-order valence-corrected chi connectivity index (χ2v) is 7.16. The first-order valence-electron chi connectivity index (χ1n) is 8.90. The molecule has 0 saturated carbocycles. The van der Waals surface area contributed by atoms with Crippen molar-refractivity contribution in [2.45, 2.75) is 53.0 Å². The molecular formula is C18H26N4O3S. The maximum atomic E-state index is 13.1. The largest absolute Gasteiger partial charge is 0.383 e. The minimum Gasteiger partial charge on any atom is -0.383 e. The summed E-state index contributed by atoms with van der Waals surface area (Å²) in [6.07, 6.45) is 3.22. The zero-order valence-electron chi connectivity index (χ0n) is 15.5. The van der Waals surface area contributed by atoms with E-state index in [-0.39, 0.29) is 17.4 Å². The van der Waals surface area contributed by atoms with Crippen LogP contribution in [0.15, 0.2) is 21.0 Å². The molecule has 26 heavy (non-hydrogen) atoms. The van der Waals surface area contributed by atoms with Crippen molar-refractivity contribution in [2.75, 3.05) is 17.2 Å². The quantitative estimate of drug-likeness (QED) is 0.737. The van der Waals surface area contributed by atoms with Gasteiger partial charge in [0.25, 0.3) is 11.5 Å². The fraction of sp³-hybridized carbons (Fsp3) is 0.500. The zero-order chi connectivity index (χ0) is 19.3. The van der Waals surface area contributed by atoms with E-state index < -0.39 is 11.2 Å². The van der Waals surface area contributed by atoms with Crippen LogP contribution in [-0.4, -0.2) is 22.0 Å². The van der Waals surface area contributed by atoms with E-state index in [2.05, 4.69) is 4.98 Å². The first-order chi connectivity index (χ1) is 12.4. The van der Waals surface area contributed by atoms with Gasteiger partial charge in [-0.25, -0.2) is 4.79 Å². The molecule has 0 unspecified atom stereocenters. The van der Waals surface area contributed by atoms with Crippen LogP contribution in [0.1, 0.15) is 54.8 Å². The average molecular weight is 378 g/mol. The van der Waals surface area contributed by atoms with Gasteiger partial charge >= 0.3 is 5.69 Å². The number of anilines is 2. The lowest BCUT2D eigenvalue weighted by molar-refractivity contribution is 0.0989. The van der Waals surface area contributed by atoms with Crippen LogP contribution in [0.4, 0.5) is 11.5 Å². The van der Waals surface area contributed by atoms with Crippen molar-refractivity contribution in [1.29, 1.82) is 0 Å². The minimum atomic E-state index is -0.626.